The Kier molecular flexibility index (Phi) is 7.56. The number of aryl methyl sites for hydroxylation is 1. The number of halogens is 4. The third kappa shape index (κ3) is 6.11. The van der Waals surface area contributed by atoms with E-state index in [1.165, 1.54) is 56.6 Å². The minimum atomic E-state index is -4.57. The Hall–Kier alpha value is -3.46. The zero-order chi connectivity index (χ0) is 25.0. The number of nitrogens with zero attached hydrogens (tertiary/aromatic N) is 1. The van der Waals surface area contributed by atoms with Gasteiger partial charge in [0.15, 0.2) is 6.61 Å². The Morgan fingerprint density at radius 2 is 1.68 bits per heavy atom. The number of hydrogen-bond donors (Lipinski definition) is 1. The van der Waals surface area contributed by atoms with Crippen LogP contribution in [0.15, 0.2) is 65.6 Å². The molecule has 0 fully saturated rings. The van der Waals surface area contributed by atoms with Gasteiger partial charge in [-0.3, -0.25) is 4.79 Å². The van der Waals surface area contributed by atoms with Crippen molar-refractivity contribution in [3.8, 4) is 17.2 Å². The molecule has 6 nitrogen and oxygen atoms in total. The van der Waals surface area contributed by atoms with Crippen molar-refractivity contribution in [3.63, 3.8) is 0 Å². The summed E-state index contributed by atoms with van der Waals surface area (Å²) in [5, 5.41) is 8.74. The molecule has 2 aromatic carbocycles. The van der Waals surface area contributed by atoms with Crippen molar-refractivity contribution in [2.75, 3.05) is 6.61 Å². The minimum Gasteiger partial charge on any atom is -0.482 e. The Balaban J connectivity index is 1.81. The number of carboxylic acid groups (broad SMARTS) is 1. The van der Waals surface area contributed by atoms with Crippen LogP contribution < -0.4 is 15.0 Å². The fourth-order valence-electron chi connectivity index (χ4n) is 3.57. The van der Waals surface area contributed by atoms with Gasteiger partial charge in [-0.15, -0.1) is 0 Å². The molecule has 0 aliphatic heterocycles. The van der Waals surface area contributed by atoms with Crippen LogP contribution in [0, 0.1) is 0 Å². The predicted octanol–water partition coefficient (Wildman–Crippen LogP) is 5.74. The van der Waals surface area contributed by atoms with E-state index in [1.54, 1.807) is 12.1 Å². The summed E-state index contributed by atoms with van der Waals surface area (Å²) >= 11 is 6.35. The zero-order valence-electron chi connectivity index (χ0n) is 18.2. The van der Waals surface area contributed by atoms with E-state index in [4.69, 9.17) is 26.2 Å². The smallest absolute Gasteiger partial charge is 0.396 e. The summed E-state index contributed by atoms with van der Waals surface area (Å²) in [5.74, 6) is -2.96. The largest absolute Gasteiger partial charge is 0.482 e. The number of ether oxygens (including phenoxy) is 2. The second-order valence-electron chi connectivity index (χ2n) is 7.66. The number of carbonyl (C=O) groups is 1. The Morgan fingerprint density at radius 3 is 2.24 bits per heavy atom. The predicted molar refractivity (Wildman–Crippen MR) is 120 cm³/mol. The molecule has 0 aliphatic carbocycles. The van der Waals surface area contributed by atoms with Gasteiger partial charge in [0.2, 0.25) is 5.56 Å². The Labute approximate surface area is 198 Å². The second kappa shape index (κ2) is 10.2. The number of aromatic nitrogens is 1. The molecule has 0 saturated heterocycles. The number of carboxylic acids is 1. The minimum absolute atomic E-state index is 0.0382. The van der Waals surface area contributed by atoms with Crippen LogP contribution in [-0.2, 0) is 11.8 Å². The summed E-state index contributed by atoms with van der Waals surface area (Å²) in [6.07, 6.45) is -3.38. The highest BCUT2D eigenvalue weighted by atomic mass is 35.5. The molecule has 0 amide bonds. The molecule has 2 atom stereocenters. The molecule has 1 N–H and O–H groups in total. The molecule has 0 radical (unpaired) electrons. The maximum absolute atomic E-state index is 14.0. The van der Waals surface area contributed by atoms with Crippen molar-refractivity contribution in [3.05, 3.63) is 87.3 Å². The third-order valence-electron chi connectivity index (χ3n) is 5.20. The molecular formula is C24H21ClF3NO5. The molecule has 0 bridgehead atoms. The van der Waals surface area contributed by atoms with E-state index in [-0.39, 0.29) is 16.1 Å². The van der Waals surface area contributed by atoms with Gasteiger partial charge in [-0.2, -0.15) is 13.2 Å². The number of rotatable bonds is 8. The lowest BCUT2D eigenvalue weighted by atomic mass is 9.82. The summed E-state index contributed by atoms with van der Waals surface area (Å²) < 4.78 is 53.9. The summed E-state index contributed by atoms with van der Waals surface area (Å²) in [6, 6.07) is 12.9. The van der Waals surface area contributed by atoms with Gasteiger partial charge in [-0.1, -0.05) is 30.7 Å². The molecular weight excluding hydrogens is 475 g/mol. The molecule has 10 heteroatoms. The first-order chi connectivity index (χ1) is 16.0. The number of hydrogen-bond acceptors (Lipinski definition) is 4. The molecule has 2 unspecified atom stereocenters. The molecule has 1 heterocycles. The summed E-state index contributed by atoms with van der Waals surface area (Å²) in [6.45, 7) is 0.953. The first-order valence-electron chi connectivity index (χ1n) is 10.1. The van der Waals surface area contributed by atoms with E-state index in [2.05, 4.69) is 0 Å². The fourth-order valence-corrected chi connectivity index (χ4v) is 3.91. The summed E-state index contributed by atoms with van der Waals surface area (Å²) in [5.41, 5.74) is -0.162. The van der Waals surface area contributed by atoms with Crippen LogP contribution in [-0.4, -0.2) is 28.4 Å². The van der Waals surface area contributed by atoms with Crippen molar-refractivity contribution >= 4 is 17.6 Å². The van der Waals surface area contributed by atoms with Gasteiger partial charge in [-0.05, 0) is 53.4 Å². The van der Waals surface area contributed by atoms with Gasteiger partial charge in [0.05, 0.1) is 5.92 Å². The third-order valence-corrected chi connectivity index (χ3v) is 5.53. The van der Waals surface area contributed by atoms with Crippen molar-refractivity contribution in [1.29, 1.82) is 0 Å². The van der Waals surface area contributed by atoms with E-state index in [0.29, 0.717) is 17.2 Å². The van der Waals surface area contributed by atoms with Gasteiger partial charge in [0.25, 0.3) is 0 Å². The topological polar surface area (TPSA) is 77.8 Å². The summed E-state index contributed by atoms with van der Waals surface area (Å²) in [4.78, 5) is 22.2. The van der Waals surface area contributed by atoms with Crippen LogP contribution in [0.4, 0.5) is 13.2 Å². The SMILES string of the molecule is CC(c1ccc(Oc2ccc(OCC(=O)O)cc2)cc1Cl)C(c1ccc(=O)n(C)c1)C(F)(F)F. The highest BCUT2D eigenvalue weighted by Crippen LogP contribution is 2.46. The molecule has 3 aromatic rings. The first kappa shape index (κ1) is 25.2. The normalized spacial score (nSPS) is 13.2. The Bertz CT molecular complexity index is 1220. The lowest BCUT2D eigenvalue weighted by Crippen LogP contribution is -2.28. The van der Waals surface area contributed by atoms with Crippen LogP contribution in [0.3, 0.4) is 0 Å². The maximum Gasteiger partial charge on any atom is 0.396 e. The highest BCUT2D eigenvalue weighted by molar-refractivity contribution is 6.31. The van der Waals surface area contributed by atoms with Crippen molar-refractivity contribution in [2.24, 2.45) is 7.05 Å². The van der Waals surface area contributed by atoms with Crippen molar-refractivity contribution in [2.45, 2.75) is 24.9 Å². The van der Waals surface area contributed by atoms with Crippen LogP contribution in [0.1, 0.15) is 29.9 Å². The number of benzene rings is 2. The van der Waals surface area contributed by atoms with Crippen LogP contribution in [0.5, 0.6) is 17.2 Å². The standard InChI is InChI=1S/C24H21ClF3NO5/c1-14(23(24(26,27)28)15-3-10-21(30)29(2)12-15)19-9-8-18(11-20(19)25)34-17-6-4-16(5-7-17)33-13-22(31)32/h3-12,14,23H,13H2,1-2H3,(H,31,32). The average Bonchev–Trinajstić information content (AvgIpc) is 2.75. The molecule has 3 rings (SSSR count). The number of pyridine rings is 1. The first-order valence-corrected chi connectivity index (χ1v) is 10.5. The summed E-state index contributed by atoms with van der Waals surface area (Å²) in [7, 11) is 1.40. The molecule has 34 heavy (non-hydrogen) atoms. The van der Waals surface area contributed by atoms with Crippen molar-refractivity contribution in [1.82, 2.24) is 4.57 Å². The monoisotopic (exact) mass is 495 g/mol. The quantitative estimate of drug-likeness (QED) is 0.431. The van der Waals surface area contributed by atoms with Crippen molar-refractivity contribution < 1.29 is 32.5 Å². The highest BCUT2D eigenvalue weighted by Gasteiger charge is 2.45. The van der Waals surface area contributed by atoms with E-state index in [0.717, 1.165) is 10.6 Å². The molecule has 0 spiro atoms. The van der Waals surface area contributed by atoms with E-state index in [9.17, 15) is 22.8 Å². The molecule has 1 aromatic heterocycles. The lowest BCUT2D eigenvalue weighted by Gasteiger charge is -2.28. The zero-order valence-corrected chi connectivity index (χ0v) is 18.9. The van der Waals surface area contributed by atoms with E-state index < -0.39 is 36.1 Å². The van der Waals surface area contributed by atoms with Gasteiger partial charge in [0.1, 0.15) is 17.2 Å². The van der Waals surface area contributed by atoms with Gasteiger partial charge in [0, 0.05) is 24.3 Å². The van der Waals surface area contributed by atoms with Crippen LogP contribution in [0.25, 0.3) is 0 Å². The lowest BCUT2D eigenvalue weighted by molar-refractivity contribution is -0.155. The molecule has 180 valence electrons. The Morgan fingerprint density at radius 1 is 1.06 bits per heavy atom. The van der Waals surface area contributed by atoms with Gasteiger partial charge >= 0.3 is 12.1 Å². The number of aliphatic carboxylic acids is 1. The molecule has 0 saturated carbocycles. The fraction of sp³-hybridized carbons (Fsp3) is 0.250. The second-order valence-corrected chi connectivity index (χ2v) is 8.07. The van der Waals surface area contributed by atoms with Crippen LogP contribution >= 0.6 is 11.6 Å². The van der Waals surface area contributed by atoms with Crippen LogP contribution in [0.2, 0.25) is 5.02 Å². The maximum atomic E-state index is 14.0. The van der Waals surface area contributed by atoms with Gasteiger partial charge in [-0.25, -0.2) is 4.79 Å². The van der Waals surface area contributed by atoms with Gasteiger partial charge < -0.3 is 19.1 Å². The average molecular weight is 496 g/mol. The van der Waals surface area contributed by atoms with E-state index >= 15 is 0 Å². The van der Waals surface area contributed by atoms with E-state index in [1.807, 2.05) is 0 Å². The number of alkyl halides is 3. The molecule has 0 aliphatic rings.